The Morgan fingerprint density at radius 1 is 0.517 bits per heavy atom. The molecule has 1 aliphatic rings. The summed E-state index contributed by atoms with van der Waals surface area (Å²) in [6.45, 7) is 0. The zero-order chi connectivity index (χ0) is 19.8. The molecule has 142 valence electrons. The second-order valence-corrected chi connectivity index (χ2v) is 7.15. The summed E-state index contributed by atoms with van der Waals surface area (Å²) < 4.78 is 6.14. The van der Waals surface area contributed by atoms with Gasteiger partial charge in [-0.15, -0.1) is 0 Å². The van der Waals surface area contributed by atoms with Gasteiger partial charge in [0.05, 0.1) is 0 Å². The highest BCUT2D eigenvalue weighted by molar-refractivity contribution is 5.77. The van der Waals surface area contributed by atoms with Crippen LogP contribution < -0.4 is 4.74 Å². The van der Waals surface area contributed by atoms with Gasteiger partial charge in [0.1, 0.15) is 23.7 Å². The fraction of sp³-hybridized carbons (Fsp3) is 0.0769. The first-order valence-corrected chi connectivity index (χ1v) is 9.64. The Bertz CT molecular complexity index is 1170. The van der Waals surface area contributed by atoms with Crippen molar-refractivity contribution in [3.8, 4) is 22.6 Å². The third-order valence-corrected chi connectivity index (χ3v) is 5.44. The molecule has 4 aromatic carbocycles. The lowest BCUT2D eigenvalue weighted by atomic mass is 9.78. The van der Waals surface area contributed by atoms with E-state index in [9.17, 15) is 10.2 Å². The Hall–Kier alpha value is -3.40. The average molecular weight is 380 g/mol. The highest BCUT2D eigenvalue weighted by Crippen LogP contribution is 2.46. The van der Waals surface area contributed by atoms with E-state index in [4.69, 9.17) is 4.74 Å². The van der Waals surface area contributed by atoms with E-state index >= 15 is 0 Å². The van der Waals surface area contributed by atoms with Gasteiger partial charge in [-0.1, -0.05) is 78.9 Å². The molecule has 0 fully saturated rings. The van der Waals surface area contributed by atoms with Gasteiger partial charge in [-0.05, 0) is 46.0 Å². The summed E-state index contributed by atoms with van der Waals surface area (Å²) in [5.41, 5.74) is 4.67. The molecule has 0 amide bonds. The smallest absolute Gasteiger partial charge is 0.135 e. The predicted octanol–water partition coefficient (Wildman–Crippen LogP) is 5.62. The molecule has 0 aromatic heterocycles. The fourth-order valence-corrected chi connectivity index (χ4v) is 4.09. The Labute approximate surface area is 169 Å². The number of aliphatic hydroxyl groups excluding tert-OH is 2. The molecule has 5 rings (SSSR count). The van der Waals surface area contributed by atoms with Crippen molar-refractivity contribution in [1.29, 1.82) is 0 Å². The molecular formula is C26H20O3. The van der Waals surface area contributed by atoms with Crippen LogP contribution in [0.1, 0.15) is 34.5 Å². The molecule has 0 bridgehead atoms. The van der Waals surface area contributed by atoms with Crippen LogP contribution in [-0.4, -0.2) is 10.2 Å². The number of hydrogen-bond acceptors (Lipinski definition) is 3. The molecule has 0 spiro atoms. The molecule has 2 N–H and O–H groups in total. The predicted molar refractivity (Wildman–Crippen MR) is 113 cm³/mol. The monoisotopic (exact) mass is 380 g/mol. The number of ether oxygens (including phenoxy) is 1. The van der Waals surface area contributed by atoms with Crippen LogP contribution in [0.5, 0.6) is 11.5 Å². The number of rotatable bonds is 3. The Kier molecular flexibility index (Phi) is 4.39. The van der Waals surface area contributed by atoms with Crippen LogP contribution in [0.15, 0.2) is 97.1 Å². The van der Waals surface area contributed by atoms with Crippen LogP contribution in [0.3, 0.4) is 0 Å². The lowest BCUT2D eigenvalue weighted by Crippen LogP contribution is -2.18. The van der Waals surface area contributed by atoms with Gasteiger partial charge in [-0.2, -0.15) is 0 Å². The van der Waals surface area contributed by atoms with Crippen LogP contribution >= 0.6 is 0 Å². The van der Waals surface area contributed by atoms with E-state index in [1.807, 2.05) is 97.1 Å². The lowest BCUT2D eigenvalue weighted by Gasteiger charge is -2.31. The molecule has 2 atom stereocenters. The Balaban J connectivity index is 1.67. The van der Waals surface area contributed by atoms with Crippen LogP contribution in [-0.2, 0) is 0 Å². The van der Waals surface area contributed by atoms with Crippen molar-refractivity contribution in [2.24, 2.45) is 0 Å². The maximum absolute atomic E-state index is 11.2. The van der Waals surface area contributed by atoms with Gasteiger partial charge in [-0.3, -0.25) is 0 Å². The van der Waals surface area contributed by atoms with Gasteiger partial charge in [-0.25, -0.2) is 0 Å². The van der Waals surface area contributed by atoms with Gasteiger partial charge < -0.3 is 14.9 Å². The summed E-state index contributed by atoms with van der Waals surface area (Å²) in [6.07, 6.45) is -1.59. The van der Waals surface area contributed by atoms with Crippen LogP contribution in [0, 0.1) is 0 Å². The average Bonchev–Trinajstić information content (AvgIpc) is 2.78. The largest absolute Gasteiger partial charge is 0.457 e. The minimum atomic E-state index is -0.814. The standard InChI is InChI=1S/C26H20O3/c27-25-20-12-4-5-13-21(20)26(28)24-19(14-8-15-22(24)25)18-11-6-7-16-23(18)29-17-9-2-1-3-10-17/h1-16,25-28H. The summed E-state index contributed by atoms with van der Waals surface area (Å²) in [7, 11) is 0. The van der Waals surface area contributed by atoms with E-state index in [1.165, 1.54) is 0 Å². The van der Waals surface area contributed by atoms with E-state index in [0.29, 0.717) is 5.75 Å². The van der Waals surface area contributed by atoms with Gasteiger partial charge in [0.25, 0.3) is 0 Å². The minimum absolute atomic E-state index is 0.702. The number of hydrogen-bond donors (Lipinski definition) is 2. The van der Waals surface area contributed by atoms with Gasteiger partial charge in [0.2, 0.25) is 0 Å². The number of aliphatic hydroxyl groups is 2. The van der Waals surface area contributed by atoms with Crippen molar-refractivity contribution < 1.29 is 14.9 Å². The van der Waals surface area contributed by atoms with Crippen molar-refractivity contribution in [2.75, 3.05) is 0 Å². The molecular weight excluding hydrogens is 360 g/mol. The Morgan fingerprint density at radius 3 is 1.90 bits per heavy atom. The lowest BCUT2D eigenvalue weighted by molar-refractivity contribution is 0.174. The molecule has 4 aromatic rings. The third kappa shape index (κ3) is 3.01. The number of benzene rings is 4. The molecule has 0 saturated heterocycles. The van der Waals surface area contributed by atoms with Crippen molar-refractivity contribution >= 4 is 0 Å². The third-order valence-electron chi connectivity index (χ3n) is 5.44. The molecule has 0 radical (unpaired) electrons. The summed E-state index contributed by atoms with van der Waals surface area (Å²) in [6, 6.07) is 30.7. The normalized spacial score (nSPS) is 17.3. The second kappa shape index (κ2) is 7.21. The molecule has 2 unspecified atom stereocenters. The van der Waals surface area contributed by atoms with Crippen molar-refractivity contribution in [3.63, 3.8) is 0 Å². The molecule has 1 aliphatic carbocycles. The highest BCUT2D eigenvalue weighted by Gasteiger charge is 2.32. The SMILES string of the molecule is OC1c2ccccc2C(O)c2c(-c3ccccc3Oc3ccccc3)cccc21. The van der Waals surface area contributed by atoms with E-state index in [1.54, 1.807) is 0 Å². The summed E-state index contributed by atoms with van der Waals surface area (Å²) in [5.74, 6) is 1.45. The molecule has 0 aliphatic heterocycles. The molecule has 29 heavy (non-hydrogen) atoms. The summed E-state index contributed by atoms with van der Waals surface area (Å²) in [5, 5.41) is 22.2. The quantitative estimate of drug-likeness (QED) is 0.485. The second-order valence-electron chi connectivity index (χ2n) is 7.15. The minimum Gasteiger partial charge on any atom is -0.457 e. The first-order chi connectivity index (χ1) is 14.2. The topological polar surface area (TPSA) is 49.7 Å². The molecule has 3 nitrogen and oxygen atoms in total. The zero-order valence-electron chi connectivity index (χ0n) is 15.7. The van der Waals surface area contributed by atoms with Gasteiger partial charge in [0.15, 0.2) is 0 Å². The van der Waals surface area contributed by atoms with Gasteiger partial charge >= 0.3 is 0 Å². The molecule has 0 heterocycles. The summed E-state index contributed by atoms with van der Waals surface area (Å²) >= 11 is 0. The molecule has 0 saturated carbocycles. The van der Waals surface area contributed by atoms with Crippen molar-refractivity contribution in [2.45, 2.75) is 12.2 Å². The van der Waals surface area contributed by atoms with E-state index in [0.717, 1.165) is 39.1 Å². The zero-order valence-corrected chi connectivity index (χ0v) is 15.7. The first-order valence-electron chi connectivity index (χ1n) is 9.64. The van der Waals surface area contributed by atoms with E-state index < -0.39 is 12.2 Å². The van der Waals surface area contributed by atoms with Crippen LogP contribution in [0.2, 0.25) is 0 Å². The van der Waals surface area contributed by atoms with Crippen LogP contribution in [0.4, 0.5) is 0 Å². The number of fused-ring (bicyclic) bond motifs is 2. The Morgan fingerprint density at radius 2 is 1.10 bits per heavy atom. The van der Waals surface area contributed by atoms with E-state index in [-0.39, 0.29) is 0 Å². The highest BCUT2D eigenvalue weighted by atomic mass is 16.5. The van der Waals surface area contributed by atoms with Crippen molar-refractivity contribution in [1.82, 2.24) is 0 Å². The first kappa shape index (κ1) is 17.7. The summed E-state index contributed by atoms with van der Waals surface area (Å²) in [4.78, 5) is 0. The van der Waals surface area contributed by atoms with Crippen LogP contribution in [0.25, 0.3) is 11.1 Å². The van der Waals surface area contributed by atoms with Crippen molar-refractivity contribution in [3.05, 3.63) is 119 Å². The van der Waals surface area contributed by atoms with Gasteiger partial charge in [0, 0.05) is 5.56 Å². The maximum atomic E-state index is 11.2. The molecule has 3 heteroatoms. The fourth-order valence-electron chi connectivity index (χ4n) is 4.09. The maximum Gasteiger partial charge on any atom is 0.135 e. The number of para-hydroxylation sites is 2. The van der Waals surface area contributed by atoms with E-state index in [2.05, 4.69) is 0 Å².